The van der Waals surface area contributed by atoms with Crippen LogP contribution in [0.3, 0.4) is 0 Å². The van der Waals surface area contributed by atoms with Gasteiger partial charge in [0.05, 0.1) is 12.4 Å². The van der Waals surface area contributed by atoms with Crippen LogP contribution in [-0.2, 0) is 0 Å². The highest BCUT2D eigenvalue weighted by atomic mass is 15.2. The Bertz CT molecular complexity index is 4780. The van der Waals surface area contributed by atoms with Crippen LogP contribution >= 0.6 is 0 Å². The highest BCUT2D eigenvalue weighted by Gasteiger charge is 2.12. The summed E-state index contributed by atoms with van der Waals surface area (Å²) in [4.78, 5) is 32.8. The van der Waals surface area contributed by atoms with Crippen LogP contribution in [0, 0.1) is 60.2 Å². The zero-order valence-electron chi connectivity index (χ0n) is 50.1. The summed E-state index contributed by atoms with van der Waals surface area (Å²) in [6.45, 7) is 4.00. The third-order valence-electron chi connectivity index (χ3n) is 13.4. The van der Waals surface area contributed by atoms with Gasteiger partial charge in [-0.1, -0.05) is 59.4 Å². The first-order valence-corrected chi connectivity index (χ1v) is 27.7. The molecular formula is C66H56N28. The maximum Gasteiger partial charge on any atom is 0.174 e. The lowest BCUT2D eigenvalue weighted by atomic mass is 10.1. The fourth-order valence-electron chi connectivity index (χ4n) is 8.51. The van der Waals surface area contributed by atoms with Gasteiger partial charge in [-0.25, -0.2) is 29.9 Å². The Morgan fingerprint density at radius 1 is 0.340 bits per heavy atom. The maximum absolute atomic E-state index is 7.34. The van der Waals surface area contributed by atoms with Crippen molar-refractivity contribution in [1.29, 1.82) is 21.6 Å². The molecule has 0 spiro atoms. The van der Waals surface area contributed by atoms with Gasteiger partial charge in [-0.3, -0.25) is 31.6 Å². The second-order valence-corrected chi connectivity index (χ2v) is 20.1. The minimum absolute atomic E-state index is 0.0426. The van der Waals surface area contributed by atoms with E-state index in [0.717, 1.165) is 59.8 Å². The van der Waals surface area contributed by atoms with Crippen molar-refractivity contribution in [2.75, 3.05) is 22.9 Å². The number of nitrogens with one attached hydrogen (secondary N) is 4. The number of hydrogen-bond acceptors (Lipinski definition) is 24. The molecule has 0 aliphatic carbocycles. The fraction of sp³-hybridized carbons (Fsp3) is 0.0303. The van der Waals surface area contributed by atoms with Crippen LogP contribution in [0.5, 0.6) is 0 Å². The van der Waals surface area contributed by atoms with Crippen LogP contribution < -0.4 is 45.9 Å². The van der Waals surface area contributed by atoms with Gasteiger partial charge in [0.1, 0.15) is 68.9 Å². The normalized spacial score (nSPS) is 11.0. The van der Waals surface area contributed by atoms with Crippen molar-refractivity contribution < 1.29 is 0 Å². The first-order chi connectivity index (χ1) is 45.2. The van der Waals surface area contributed by atoms with E-state index in [1.165, 1.54) is 24.8 Å². The molecule has 8 aromatic heterocycles. The Morgan fingerprint density at radius 3 is 0.957 bits per heavy atom. The Hall–Kier alpha value is -14.3. The van der Waals surface area contributed by atoms with Crippen LogP contribution in [-0.4, -0.2) is 63.2 Å². The van der Waals surface area contributed by atoms with Gasteiger partial charge in [-0.2, -0.15) is 0 Å². The van der Waals surface area contributed by atoms with Crippen molar-refractivity contribution in [2.45, 2.75) is 13.8 Å². The molecule has 0 saturated heterocycles. The number of azo groups is 4. The summed E-state index contributed by atoms with van der Waals surface area (Å²) < 4.78 is 0. The number of rotatable bonds is 12. The number of fused-ring (bicyclic) bond motifs is 4. The van der Waals surface area contributed by atoms with Crippen LogP contribution in [0.15, 0.2) is 212 Å². The largest absolute Gasteiger partial charge is 0.384 e. The molecule has 0 atom stereocenters. The molecule has 0 bridgehead atoms. The van der Waals surface area contributed by atoms with Crippen molar-refractivity contribution in [2.24, 2.45) is 63.8 Å². The van der Waals surface area contributed by atoms with Gasteiger partial charge in [0.25, 0.3) is 0 Å². The van der Waals surface area contributed by atoms with Crippen molar-refractivity contribution in [3.8, 4) is 24.7 Å². The summed E-state index contributed by atoms with van der Waals surface area (Å²) in [6, 6.07) is 36.1. The SMILES string of the molecule is C#Cc1ccc2cnc(N)c(N=Nc3ccc(C(=N)N)cn3)c2c1.C#Cc1ccc2cnc(N)c(N=Nc3ccc(C(=N)N)nc3)c2c1.Cc1ccc2cnc(N)c(N=Nc3ccc(C(=N)N)cn3)c2c1.Cc1ccc2cnc(N)c(N=Nc3ccc(C(=N)N)nc3)c2c1. The summed E-state index contributed by atoms with van der Waals surface area (Å²) in [6.07, 6.45) is 23.5. The molecule has 8 heterocycles. The number of anilines is 4. The molecule has 28 nitrogen and oxygen atoms in total. The molecule has 0 radical (unpaired) electrons. The monoisotopic (exact) mass is 1240 g/mol. The molecule has 20 N–H and O–H groups in total. The van der Waals surface area contributed by atoms with Crippen LogP contribution in [0.25, 0.3) is 43.1 Å². The predicted molar refractivity (Wildman–Crippen MR) is 368 cm³/mol. The molecule has 12 rings (SSSR count). The molecule has 0 aliphatic rings. The molecule has 28 heteroatoms. The van der Waals surface area contributed by atoms with Gasteiger partial charge in [0.15, 0.2) is 34.9 Å². The van der Waals surface area contributed by atoms with Gasteiger partial charge in [0, 0.05) is 103 Å². The second kappa shape index (κ2) is 29.1. The summed E-state index contributed by atoms with van der Waals surface area (Å²) in [7, 11) is 0. The number of nitrogens with zero attached hydrogens (tertiary/aromatic N) is 16. The zero-order chi connectivity index (χ0) is 67.0. The average molecular weight is 1240 g/mol. The third kappa shape index (κ3) is 15.9. The van der Waals surface area contributed by atoms with Gasteiger partial charge in [-0.05, 0) is 98.8 Å². The molecule has 4 aromatic carbocycles. The van der Waals surface area contributed by atoms with Crippen molar-refractivity contribution in [3.05, 3.63) is 216 Å². The molecule has 0 saturated carbocycles. The summed E-state index contributed by atoms with van der Waals surface area (Å²) in [5, 5.41) is 69.5. The molecular weight excluding hydrogens is 1180 g/mol. The number of pyridine rings is 8. The third-order valence-corrected chi connectivity index (χ3v) is 13.4. The van der Waals surface area contributed by atoms with E-state index in [-0.39, 0.29) is 35.0 Å². The van der Waals surface area contributed by atoms with Gasteiger partial charge < -0.3 is 45.9 Å². The number of aromatic nitrogens is 8. The Labute approximate surface area is 535 Å². The van der Waals surface area contributed by atoms with Gasteiger partial charge in [-0.15, -0.1) is 53.8 Å². The van der Waals surface area contributed by atoms with E-state index in [9.17, 15) is 0 Å². The quantitative estimate of drug-likeness (QED) is 0.0234. The Balaban J connectivity index is 0.000000148. The van der Waals surface area contributed by atoms with E-state index in [4.69, 9.17) is 80.4 Å². The number of aryl methyl sites for hydroxylation is 2. The fourth-order valence-corrected chi connectivity index (χ4v) is 8.51. The Kier molecular flexibility index (Phi) is 19.9. The standard InChI is InChI=1S/2C17H13N7.2C16H15N7/c1-2-10-3-4-11-8-22-17(20)15(13(11)7-10)24-23-12-5-6-14(16(18)19)21-9-12;1-2-10-3-4-11-8-22-17(20)15(13(11)7-10)24-23-14-6-5-12(9-21-14)16(18)19;1-9-2-3-10-7-21-16(19)14(12(10)6-9)23-22-11-4-5-13(15(17)18)20-8-11;1-9-2-3-10-7-21-16(19)14(12(10)6-9)23-22-13-5-4-11(8-20-13)15(17)18/h2*1,3-9H,(H3,18,19)(H2,20,22);2*2-8H,1H3,(H3,17,18)(H2,19,21). The molecule has 0 fully saturated rings. The minimum Gasteiger partial charge on any atom is -0.384 e. The number of amidine groups is 4. The van der Waals surface area contributed by atoms with Crippen molar-refractivity contribution in [3.63, 3.8) is 0 Å². The summed E-state index contributed by atoms with van der Waals surface area (Å²) in [5.41, 5.74) is 53.7. The lowest BCUT2D eigenvalue weighted by molar-refractivity contribution is 1.15. The number of hydrogen-bond donors (Lipinski definition) is 12. The van der Waals surface area contributed by atoms with E-state index in [1.807, 2.05) is 86.6 Å². The van der Waals surface area contributed by atoms with E-state index in [2.05, 4.69) is 92.6 Å². The number of benzene rings is 4. The predicted octanol–water partition coefficient (Wildman–Crippen LogP) is 12.2. The maximum atomic E-state index is 7.34. The lowest BCUT2D eigenvalue weighted by Gasteiger charge is -2.05. The lowest BCUT2D eigenvalue weighted by Crippen LogP contribution is -2.12. The zero-order valence-corrected chi connectivity index (χ0v) is 50.1. The van der Waals surface area contributed by atoms with Gasteiger partial charge >= 0.3 is 0 Å². The molecule has 94 heavy (non-hydrogen) atoms. The molecule has 0 unspecified atom stereocenters. The van der Waals surface area contributed by atoms with E-state index in [0.29, 0.717) is 85.5 Å². The molecule has 460 valence electrons. The topological polar surface area (TPSA) is 506 Å². The number of nitrogens with two attached hydrogens (primary N) is 8. The number of terminal acetylenes is 2. The van der Waals surface area contributed by atoms with E-state index in [1.54, 1.807) is 73.3 Å². The van der Waals surface area contributed by atoms with Crippen LogP contribution in [0.2, 0.25) is 0 Å². The smallest absolute Gasteiger partial charge is 0.174 e. The highest BCUT2D eigenvalue weighted by molar-refractivity contribution is 6.00. The second-order valence-electron chi connectivity index (χ2n) is 20.1. The first kappa shape index (κ1) is 64.2. The van der Waals surface area contributed by atoms with Gasteiger partial charge in [0.2, 0.25) is 0 Å². The summed E-state index contributed by atoms with van der Waals surface area (Å²) in [5.74, 6) is 6.77. The minimum atomic E-state index is -0.109. The number of nitrogen functional groups attached to an aromatic ring is 8. The van der Waals surface area contributed by atoms with Crippen molar-refractivity contribution in [1.82, 2.24) is 39.9 Å². The molecule has 0 aliphatic heterocycles. The molecule has 0 amide bonds. The summed E-state index contributed by atoms with van der Waals surface area (Å²) >= 11 is 0. The average Bonchev–Trinajstić information content (AvgIpc) is 0.850. The van der Waals surface area contributed by atoms with E-state index < -0.39 is 0 Å². The van der Waals surface area contributed by atoms with Crippen molar-refractivity contribution >= 4 is 135 Å². The first-order valence-electron chi connectivity index (χ1n) is 27.7. The highest BCUT2D eigenvalue weighted by Crippen LogP contribution is 2.36. The molecule has 12 aromatic rings. The van der Waals surface area contributed by atoms with E-state index >= 15 is 0 Å². The van der Waals surface area contributed by atoms with Crippen LogP contribution in [0.4, 0.5) is 69.0 Å². The Morgan fingerprint density at radius 2 is 0.670 bits per heavy atom. The van der Waals surface area contributed by atoms with Crippen LogP contribution in [0.1, 0.15) is 44.8 Å².